The van der Waals surface area contributed by atoms with Crippen LogP contribution in [0.5, 0.6) is 0 Å². The van der Waals surface area contributed by atoms with Crippen LogP contribution < -0.4 is 16.6 Å². The number of hydrogen-bond donors (Lipinski definition) is 3. The lowest BCUT2D eigenvalue weighted by Crippen LogP contribution is -2.41. The normalized spacial score (nSPS) is 19.6. The van der Waals surface area contributed by atoms with Crippen molar-refractivity contribution in [1.82, 2.24) is 4.90 Å². The van der Waals surface area contributed by atoms with Gasteiger partial charge in [-0.05, 0) is 38.1 Å². The van der Waals surface area contributed by atoms with E-state index < -0.39 is 4.92 Å². The molecule has 20 heavy (non-hydrogen) atoms. The molecule has 0 bridgehead atoms. The molecule has 110 valence electrons. The third-order valence-corrected chi connectivity index (χ3v) is 3.69. The summed E-state index contributed by atoms with van der Waals surface area (Å²) in [5.41, 5.74) is 3.23. The molecule has 0 aromatic heterocycles. The van der Waals surface area contributed by atoms with Crippen molar-refractivity contribution >= 4 is 17.1 Å². The van der Waals surface area contributed by atoms with E-state index in [1.54, 1.807) is 18.2 Å². The molecular weight excluding hydrogens is 258 g/mol. The summed E-state index contributed by atoms with van der Waals surface area (Å²) >= 11 is 0. The Morgan fingerprint density at radius 3 is 2.90 bits per heavy atom. The number of rotatable bonds is 5. The molecule has 0 radical (unpaired) electrons. The summed E-state index contributed by atoms with van der Waals surface area (Å²) < 4.78 is 0. The van der Waals surface area contributed by atoms with Crippen LogP contribution in [0.15, 0.2) is 18.2 Å². The number of anilines is 2. The molecular formula is C13H21N5O2. The molecule has 0 aliphatic carbocycles. The molecule has 1 heterocycles. The van der Waals surface area contributed by atoms with Crippen LogP contribution >= 0.6 is 0 Å². The number of nitrogens with one attached hydrogen (secondary N) is 2. The van der Waals surface area contributed by atoms with Crippen LogP contribution in [-0.4, -0.2) is 35.5 Å². The molecule has 2 rings (SSSR count). The molecule has 1 aromatic carbocycles. The predicted octanol–water partition coefficient (Wildman–Crippen LogP) is 1.78. The van der Waals surface area contributed by atoms with Gasteiger partial charge in [0.15, 0.2) is 0 Å². The number of nitrogen functional groups attached to an aromatic ring is 1. The maximum absolute atomic E-state index is 11.2. The third-order valence-electron chi connectivity index (χ3n) is 3.69. The maximum atomic E-state index is 11.2. The van der Waals surface area contributed by atoms with E-state index in [-0.39, 0.29) is 11.7 Å². The molecule has 1 saturated heterocycles. The number of hydrazine groups is 1. The van der Waals surface area contributed by atoms with E-state index in [9.17, 15) is 10.1 Å². The van der Waals surface area contributed by atoms with Gasteiger partial charge in [0, 0.05) is 12.6 Å². The minimum absolute atomic E-state index is 0.00335. The lowest BCUT2D eigenvalue weighted by Gasteiger charge is -2.32. The molecule has 7 nitrogen and oxygen atoms in total. The maximum Gasteiger partial charge on any atom is 0.316 e. The van der Waals surface area contributed by atoms with Gasteiger partial charge in [0.25, 0.3) is 0 Å². The molecule has 0 spiro atoms. The minimum Gasteiger partial charge on any atom is -0.375 e. The van der Waals surface area contributed by atoms with E-state index >= 15 is 0 Å². The molecule has 0 saturated carbocycles. The summed E-state index contributed by atoms with van der Waals surface area (Å²) in [4.78, 5) is 13.2. The van der Waals surface area contributed by atoms with Crippen LogP contribution in [0, 0.1) is 10.1 Å². The summed E-state index contributed by atoms with van der Waals surface area (Å²) in [7, 11) is 0. The number of para-hydroxylation sites is 1. The molecule has 7 heteroatoms. The zero-order valence-corrected chi connectivity index (χ0v) is 11.6. The summed E-state index contributed by atoms with van der Waals surface area (Å²) in [5.74, 6) is 5.34. The molecule has 0 amide bonds. The fourth-order valence-corrected chi connectivity index (χ4v) is 2.65. The number of piperidine rings is 1. The van der Waals surface area contributed by atoms with Crippen molar-refractivity contribution in [2.45, 2.75) is 25.8 Å². The van der Waals surface area contributed by atoms with Gasteiger partial charge in [0.05, 0.1) is 4.92 Å². The second-order valence-corrected chi connectivity index (χ2v) is 4.98. The highest BCUT2D eigenvalue weighted by Crippen LogP contribution is 2.33. The second kappa shape index (κ2) is 6.53. The van der Waals surface area contributed by atoms with Gasteiger partial charge < -0.3 is 15.6 Å². The summed E-state index contributed by atoms with van der Waals surface area (Å²) in [6, 6.07) is 5.31. The Bertz CT molecular complexity index is 480. The van der Waals surface area contributed by atoms with Gasteiger partial charge in [-0.2, -0.15) is 0 Å². The largest absolute Gasteiger partial charge is 0.375 e. The van der Waals surface area contributed by atoms with Crippen LogP contribution in [0.1, 0.15) is 19.8 Å². The smallest absolute Gasteiger partial charge is 0.316 e. The molecule has 1 aromatic rings. The van der Waals surface area contributed by atoms with Crippen molar-refractivity contribution in [3.8, 4) is 0 Å². The fraction of sp³-hybridized carbons (Fsp3) is 0.538. The zero-order chi connectivity index (χ0) is 14.5. The topological polar surface area (TPSA) is 96.5 Å². The summed E-state index contributed by atoms with van der Waals surface area (Å²) in [5, 5.41) is 14.5. The van der Waals surface area contributed by atoms with Crippen molar-refractivity contribution in [3.63, 3.8) is 0 Å². The number of nitro benzene ring substituents is 1. The Morgan fingerprint density at radius 2 is 2.25 bits per heavy atom. The highest BCUT2D eigenvalue weighted by molar-refractivity contribution is 5.76. The molecule has 4 N–H and O–H groups in total. The van der Waals surface area contributed by atoms with E-state index in [4.69, 9.17) is 5.84 Å². The Labute approximate surface area is 118 Å². The van der Waals surface area contributed by atoms with E-state index in [1.807, 2.05) is 0 Å². The van der Waals surface area contributed by atoms with Gasteiger partial charge >= 0.3 is 5.69 Å². The first-order valence-corrected chi connectivity index (χ1v) is 6.88. The van der Waals surface area contributed by atoms with Crippen molar-refractivity contribution < 1.29 is 4.92 Å². The first-order chi connectivity index (χ1) is 9.65. The van der Waals surface area contributed by atoms with E-state index in [2.05, 4.69) is 22.6 Å². The minimum atomic E-state index is -0.405. The fourth-order valence-electron chi connectivity index (χ4n) is 2.65. The van der Waals surface area contributed by atoms with E-state index in [0.29, 0.717) is 11.4 Å². The Hall–Kier alpha value is -1.86. The lowest BCUT2D eigenvalue weighted by molar-refractivity contribution is -0.383. The molecule has 1 atom stereocenters. The predicted molar refractivity (Wildman–Crippen MR) is 79.7 cm³/mol. The number of likely N-dealkylation sites (tertiary alicyclic amines) is 1. The highest BCUT2D eigenvalue weighted by Gasteiger charge is 2.24. The number of nitro groups is 1. The van der Waals surface area contributed by atoms with Gasteiger partial charge in [-0.3, -0.25) is 16.0 Å². The van der Waals surface area contributed by atoms with Crippen LogP contribution in [-0.2, 0) is 0 Å². The standard InChI is InChI=1S/C13H21N5O2/c1-2-17-8-4-5-10(9-17)15-11-6-3-7-12(16-14)13(11)18(19)20/h3,6-7,10,15-16H,2,4-5,8-9,14H2,1H3. The lowest BCUT2D eigenvalue weighted by atomic mass is 10.0. The monoisotopic (exact) mass is 279 g/mol. The van der Waals surface area contributed by atoms with Crippen molar-refractivity contribution in [1.29, 1.82) is 0 Å². The van der Waals surface area contributed by atoms with Crippen molar-refractivity contribution in [2.75, 3.05) is 30.4 Å². The van der Waals surface area contributed by atoms with E-state index in [1.165, 1.54) is 0 Å². The van der Waals surface area contributed by atoms with Gasteiger partial charge in [0.1, 0.15) is 11.4 Å². The Balaban J connectivity index is 2.18. The second-order valence-electron chi connectivity index (χ2n) is 4.98. The first kappa shape index (κ1) is 14.5. The molecule has 1 fully saturated rings. The quantitative estimate of drug-likeness (QED) is 0.432. The van der Waals surface area contributed by atoms with Crippen LogP contribution in [0.25, 0.3) is 0 Å². The van der Waals surface area contributed by atoms with Gasteiger partial charge in [0.2, 0.25) is 0 Å². The average Bonchev–Trinajstić information content (AvgIpc) is 2.46. The number of nitrogens with zero attached hydrogens (tertiary/aromatic N) is 2. The Kier molecular flexibility index (Phi) is 4.75. The number of hydrogen-bond acceptors (Lipinski definition) is 6. The van der Waals surface area contributed by atoms with Crippen LogP contribution in [0.4, 0.5) is 17.1 Å². The number of likely N-dealkylation sites (N-methyl/N-ethyl adjacent to an activating group) is 1. The summed E-state index contributed by atoms with van der Waals surface area (Å²) in [6.45, 7) is 5.14. The number of nitrogens with two attached hydrogens (primary N) is 1. The SMILES string of the molecule is CCN1CCCC(Nc2cccc(NN)c2[N+](=O)[O-])C1. The van der Waals surface area contributed by atoms with Crippen molar-refractivity contribution in [2.24, 2.45) is 5.84 Å². The van der Waals surface area contributed by atoms with Gasteiger partial charge in [-0.25, -0.2) is 0 Å². The zero-order valence-electron chi connectivity index (χ0n) is 11.6. The third kappa shape index (κ3) is 3.17. The summed E-state index contributed by atoms with van der Waals surface area (Å²) in [6.07, 6.45) is 2.13. The van der Waals surface area contributed by atoms with E-state index in [0.717, 1.165) is 32.5 Å². The van der Waals surface area contributed by atoms with Crippen molar-refractivity contribution in [3.05, 3.63) is 28.3 Å². The van der Waals surface area contributed by atoms with Gasteiger partial charge in [-0.1, -0.05) is 13.0 Å². The first-order valence-electron chi connectivity index (χ1n) is 6.88. The molecule has 1 aliphatic heterocycles. The molecule has 1 aliphatic rings. The highest BCUT2D eigenvalue weighted by atomic mass is 16.6. The van der Waals surface area contributed by atoms with Crippen LogP contribution in [0.2, 0.25) is 0 Å². The average molecular weight is 279 g/mol. The number of benzene rings is 1. The van der Waals surface area contributed by atoms with Crippen LogP contribution in [0.3, 0.4) is 0 Å². The molecule has 1 unspecified atom stereocenters. The Morgan fingerprint density at radius 1 is 1.50 bits per heavy atom. The van der Waals surface area contributed by atoms with Gasteiger partial charge in [-0.15, -0.1) is 0 Å².